The highest BCUT2D eigenvalue weighted by molar-refractivity contribution is 7.80. The summed E-state index contributed by atoms with van der Waals surface area (Å²) < 4.78 is 7.66. The van der Waals surface area contributed by atoms with Crippen LogP contribution in [0.3, 0.4) is 0 Å². The highest BCUT2D eigenvalue weighted by Crippen LogP contribution is 2.43. The van der Waals surface area contributed by atoms with Crippen LogP contribution in [0.25, 0.3) is 5.69 Å². The van der Waals surface area contributed by atoms with E-state index in [1.54, 1.807) is 7.11 Å². The Morgan fingerprint density at radius 3 is 2.31 bits per heavy atom. The molecule has 2 aromatic carbocycles. The van der Waals surface area contributed by atoms with Crippen LogP contribution in [0.5, 0.6) is 5.75 Å². The van der Waals surface area contributed by atoms with Crippen molar-refractivity contribution in [3.05, 3.63) is 107 Å². The Kier molecular flexibility index (Phi) is 6.31. The van der Waals surface area contributed by atoms with Crippen molar-refractivity contribution in [2.45, 2.75) is 39.3 Å². The highest BCUT2D eigenvalue weighted by Gasteiger charge is 2.42. The molecule has 0 amide bonds. The molecule has 0 bridgehead atoms. The van der Waals surface area contributed by atoms with E-state index in [9.17, 15) is 0 Å². The van der Waals surface area contributed by atoms with Gasteiger partial charge in [-0.1, -0.05) is 25.1 Å². The fraction of sp³-hybridized carbons (Fsp3) is 0.241. The Morgan fingerprint density at radius 1 is 0.971 bits per heavy atom. The van der Waals surface area contributed by atoms with Crippen LogP contribution in [0.1, 0.15) is 47.2 Å². The van der Waals surface area contributed by atoms with Crippen molar-refractivity contribution in [2.24, 2.45) is 0 Å². The topological polar surface area (TPSA) is 42.3 Å². The molecule has 6 heteroatoms. The molecule has 1 fully saturated rings. The predicted molar refractivity (Wildman–Crippen MR) is 146 cm³/mol. The van der Waals surface area contributed by atoms with Gasteiger partial charge in [-0.2, -0.15) is 0 Å². The first-order valence-corrected chi connectivity index (χ1v) is 12.4. The van der Waals surface area contributed by atoms with Gasteiger partial charge in [-0.05, 0) is 98.2 Å². The molecule has 2 aromatic heterocycles. The van der Waals surface area contributed by atoms with Gasteiger partial charge in [-0.3, -0.25) is 4.98 Å². The molecule has 1 N–H and O–H groups in total. The summed E-state index contributed by atoms with van der Waals surface area (Å²) in [5.74, 6) is 0.846. The summed E-state index contributed by atoms with van der Waals surface area (Å²) in [5.41, 5.74) is 8.04. The number of rotatable bonds is 6. The summed E-state index contributed by atoms with van der Waals surface area (Å²) in [4.78, 5) is 6.94. The lowest BCUT2D eigenvalue weighted by Gasteiger charge is -2.28. The lowest BCUT2D eigenvalue weighted by molar-refractivity contribution is 0.414. The largest absolute Gasteiger partial charge is 0.497 e. The maximum atomic E-state index is 5.91. The quantitative estimate of drug-likeness (QED) is 0.330. The Labute approximate surface area is 212 Å². The third kappa shape index (κ3) is 4.19. The highest BCUT2D eigenvalue weighted by atomic mass is 32.1. The smallest absolute Gasteiger partial charge is 0.174 e. The molecule has 178 valence electrons. The average Bonchev–Trinajstić information content (AvgIpc) is 3.39. The van der Waals surface area contributed by atoms with Crippen LogP contribution in [-0.4, -0.2) is 21.8 Å². The first kappa shape index (κ1) is 23.1. The monoisotopic (exact) mass is 482 g/mol. The molecule has 0 aliphatic carbocycles. The SMILES string of the molecule is CCc1ccc(N2C(=S)NC(c3ccccn3)C2c2cc(C)n(-c3ccc(OC)cc3)c2C)cc1. The molecule has 0 radical (unpaired) electrons. The number of methoxy groups -OCH3 is 1. The summed E-state index contributed by atoms with van der Waals surface area (Å²) in [7, 11) is 1.69. The van der Waals surface area contributed by atoms with Gasteiger partial charge < -0.3 is 19.5 Å². The van der Waals surface area contributed by atoms with Crippen molar-refractivity contribution < 1.29 is 4.74 Å². The maximum Gasteiger partial charge on any atom is 0.174 e. The van der Waals surface area contributed by atoms with Gasteiger partial charge >= 0.3 is 0 Å². The van der Waals surface area contributed by atoms with E-state index < -0.39 is 0 Å². The fourth-order valence-corrected chi connectivity index (χ4v) is 5.40. The van der Waals surface area contributed by atoms with Crippen LogP contribution < -0.4 is 15.0 Å². The van der Waals surface area contributed by atoms with Gasteiger partial charge in [0.25, 0.3) is 0 Å². The maximum absolute atomic E-state index is 5.91. The standard InChI is InChI=1S/C29H30N4OS/c1-5-21-9-11-23(12-10-21)33-28(27(31-29(33)35)26-8-6-7-17-30-26)25-18-19(2)32(20(25)3)22-13-15-24(34-4)16-14-22/h6-18,27-28H,5H2,1-4H3,(H,31,35). The number of ether oxygens (including phenoxy) is 1. The third-order valence-corrected chi connectivity index (χ3v) is 7.15. The Bertz CT molecular complexity index is 1330. The summed E-state index contributed by atoms with van der Waals surface area (Å²) >= 11 is 5.91. The minimum atomic E-state index is -0.0700. The molecule has 5 rings (SSSR count). The number of thiocarbonyl (C=S) groups is 1. The number of aromatic nitrogens is 2. The number of aryl methyl sites for hydroxylation is 2. The molecule has 2 unspecified atom stereocenters. The lowest BCUT2D eigenvalue weighted by Crippen LogP contribution is -2.29. The summed E-state index contributed by atoms with van der Waals surface area (Å²) in [5, 5.41) is 4.29. The lowest BCUT2D eigenvalue weighted by atomic mass is 9.96. The fourth-order valence-electron chi connectivity index (χ4n) is 5.06. The second-order valence-electron chi connectivity index (χ2n) is 8.88. The van der Waals surface area contributed by atoms with E-state index >= 15 is 0 Å². The predicted octanol–water partition coefficient (Wildman–Crippen LogP) is 6.24. The van der Waals surface area contributed by atoms with Gasteiger partial charge in [0, 0.05) is 29.0 Å². The zero-order chi connectivity index (χ0) is 24.5. The number of pyridine rings is 1. The second-order valence-corrected chi connectivity index (χ2v) is 9.26. The first-order chi connectivity index (χ1) is 17.0. The molecule has 2 atom stereocenters. The number of hydrogen-bond donors (Lipinski definition) is 1. The van der Waals surface area contributed by atoms with Crippen LogP contribution >= 0.6 is 12.2 Å². The summed E-state index contributed by atoms with van der Waals surface area (Å²) in [6.07, 6.45) is 2.85. The molecule has 0 saturated carbocycles. The first-order valence-electron chi connectivity index (χ1n) is 11.9. The van der Waals surface area contributed by atoms with Crippen molar-refractivity contribution >= 4 is 23.0 Å². The summed E-state index contributed by atoms with van der Waals surface area (Å²) in [6.45, 7) is 6.50. The Hall–Kier alpha value is -3.64. The third-order valence-electron chi connectivity index (χ3n) is 6.84. The van der Waals surface area contributed by atoms with Crippen molar-refractivity contribution in [1.29, 1.82) is 0 Å². The van der Waals surface area contributed by atoms with E-state index in [0.29, 0.717) is 5.11 Å². The number of benzene rings is 2. The number of hydrogen-bond acceptors (Lipinski definition) is 3. The molecule has 4 aromatic rings. The number of anilines is 1. The Morgan fingerprint density at radius 2 is 1.69 bits per heavy atom. The molecule has 1 aliphatic rings. The minimum Gasteiger partial charge on any atom is -0.497 e. The van der Waals surface area contributed by atoms with Crippen LogP contribution in [-0.2, 0) is 6.42 Å². The molecule has 5 nitrogen and oxygen atoms in total. The molecule has 3 heterocycles. The van der Waals surface area contributed by atoms with E-state index in [1.807, 2.05) is 30.5 Å². The van der Waals surface area contributed by atoms with Gasteiger partial charge in [0.05, 0.1) is 24.9 Å². The van der Waals surface area contributed by atoms with Crippen molar-refractivity contribution in [3.8, 4) is 11.4 Å². The van der Waals surface area contributed by atoms with E-state index in [-0.39, 0.29) is 12.1 Å². The van der Waals surface area contributed by atoms with E-state index in [0.717, 1.165) is 29.2 Å². The molecule has 1 aliphatic heterocycles. The minimum absolute atomic E-state index is 0.0388. The normalized spacial score (nSPS) is 17.5. The van der Waals surface area contributed by atoms with Crippen molar-refractivity contribution in [2.75, 3.05) is 12.0 Å². The second kappa shape index (κ2) is 9.55. The number of nitrogens with zero attached hydrogens (tertiary/aromatic N) is 3. The molecule has 1 saturated heterocycles. The molecule has 0 spiro atoms. The van der Waals surface area contributed by atoms with Crippen LogP contribution in [0.15, 0.2) is 79.0 Å². The van der Waals surface area contributed by atoms with Crippen molar-refractivity contribution in [3.63, 3.8) is 0 Å². The van der Waals surface area contributed by atoms with E-state index in [2.05, 4.69) is 84.1 Å². The van der Waals surface area contributed by atoms with Gasteiger partial charge in [-0.25, -0.2) is 0 Å². The summed E-state index contributed by atoms with van der Waals surface area (Å²) in [6, 6.07) is 25.1. The van der Waals surface area contributed by atoms with Crippen LogP contribution in [0.2, 0.25) is 0 Å². The van der Waals surface area contributed by atoms with Gasteiger partial charge in [-0.15, -0.1) is 0 Å². The zero-order valence-corrected chi connectivity index (χ0v) is 21.3. The molecule has 35 heavy (non-hydrogen) atoms. The molecular formula is C29H30N4OS. The van der Waals surface area contributed by atoms with Gasteiger partial charge in [0.15, 0.2) is 5.11 Å². The van der Waals surface area contributed by atoms with Crippen LogP contribution in [0.4, 0.5) is 5.69 Å². The van der Waals surface area contributed by atoms with Gasteiger partial charge in [0.2, 0.25) is 0 Å². The zero-order valence-electron chi connectivity index (χ0n) is 20.5. The molecular weight excluding hydrogens is 452 g/mol. The Balaban J connectivity index is 1.64. The van der Waals surface area contributed by atoms with E-state index in [4.69, 9.17) is 21.9 Å². The van der Waals surface area contributed by atoms with Gasteiger partial charge in [0.1, 0.15) is 5.75 Å². The average molecular weight is 483 g/mol. The van der Waals surface area contributed by atoms with E-state index in [1.165, 1.54) is 22.5 Å². The van der Waals surface area contributed by atoms with Crippen LogP contribution in [0, 0.1) is 13.8 Å². The number of nitrogens with one attached hydrogen (secondary N) is 1. The van der Waals surface area contributed by atoms with Crippen molar-refractivity contribution in [1.82, 2.24) is 14.9 Å².